The summed E-state index contributed by atoms with van der Waals surface area (Å²) in [5, 5.41) is 1.13. The molecule has 0 spiro atoms. The Morgan fingerprint density at radius 3 is 2.76 bits per heavy atom. The number of fused-ring (bicyclic) bond motifs is 1. The van der Waals surface area contributed by atoms with Crippen LogP contribution in [0.25, 0.3) is 10.9 Å². The van der Waals surface area contributed by atoms with E-state index in [4.69, 9.17) is 5.84 Å². The number of hydrogen-bond donors (Lipinski definition) is 2. The van der Waals surface area contributed by atoms with Crippen molar-refractivity contribution in [3.63, 3.8) is 0 Å². The van der Waals surface area contributed by atoms with Crippen LogP contribution >= 0.6 is 27.7 Å². The van der Waals surface area contributed by atoms with E-state index in [0.29, 0.717) is 0 Å². The molecule has 3 aromatic rings. The minimum atomic E-state index is 0.733. The summed E-state index contributed by atoms with van der Waals surface area (Å²) < 4.78 is 1.08. The minimum absolute atomic E-state index is 0.733. The number of pyridine rings is 1. The predicted molar refractivity (Wildman–Crippen MR) is 93.3 cm³/mol. The zero-order valence-electron chi connectivity index (χ0n) is 11.2. The summed E-state index contributed by atoms with van der Waals surface area (Å²) in [6.45, 7) is 0. The van der Waals surface area contributed by atoms with Gasteiger partial charge in [0.1, 0.15) is 5.82 Å². The van der Waals surface area contributed by atoms with Gasteiger partial charge >= 0.3 is 0 Å². The third kappa shape index (κ3) is 3.37. The quantitative estimate of drug-likeness (QED) is 0.406. The predicted octanol–water partition coefficient (Wildman–Crippen LogP) is 4.58. The Bertz CT molecular complexity index is 776. The molecule has 0 fully saturated rings. The number of nitrogen functional groups attached to an aromatic ring is 1. The smallest absolute Gasteiger partial charge is 0.144 e. The average Bonchev–Trinajstić information content (AvgIpc) is 2.52. The van der Waals surface area contributed by atoms with Crippen molar-refractivity contribution in [2.75, 3.05) is 5.43 Å². The SMILES string of the molecule is NNc1nc2ccccc2cc1CSc1cccc(Br)c1. The lowest BCUT2D eigenvalue weighted by Gasteiger charge is -2.10. The third-order valence-corrected chi connectivity index (χ3v) is 4.67. The highest BCUT2D eigenvalue weighted by atomic mass is 79.9. The molecule has 1 aromatic heterocycles. The van der Waals surface area contributed by atoms with E-state index in [2.05, 4.69) is 50.6 Å². The highest BCUT2D eigenvalue weighted by Gasteiger charge is 2.07. The molecule has 0 aliphatic carbocycles. The van der Waals surface area contributed by atoms with Gasteiger partial charge in [0.25, 0.3) is 0 Å². The molecule has 1 heterocycles. The third-order valence-electron chi connectivity index (χ3n) is 3.13. The van der Waals surface area contributed by atoms with Crippen LogP contribution in [0.4, 0.5) is 5.82 Å². The van der Waals surface area contributed by atoms with Crippen molar-refractivity contribution in [3.8, 4) is 0 Å². The van der Waals surface area contributed by atoms with Crippen LogP contribution in [0.3, 0.4) is 0 Å². The minimum Gasteiger partial charge on any atom is -0.308 e. The number of benzene rings is 2. The fourth-order valence-corrected chi connectivity index (χ4v) is 3.59. The van der Waals surface area contributed by atoms with Gasteiger partial charge in [-0.2, -0.15) is 0 Å². The highest BCUT2D eigenvalue weighted by Crippen LogP contribution is 2.29. The lowest BCUT2D eigenvalue weighted by atomic mass is 10.1. The Labute approximate surface area is 136 Å². The molecule has 0 saturated heterocycles. The molecule has 3 nitrogen and oxygen atoms in total. The van der Waals surface area contributed by atoms with Gasteiger partial charge < -0.3 is 5.43 Å². The zero-order valence-corrected chi connectivity index (χ0v) is 13.6. The number of para-hydroxylation sites is 1. The average molecular weight is 360 g/mol. The van der Waals surface area contributed by atoms with Crippen LogP contribution in [0.15, 0.2) is 64.0 Å². The van der Waals surface area contributed by atoms with Crippen LogP contribution < -0.4 is 11.3 Å². The molecule has 0 atom stereocenters. The Morgan fingerprint density at radius 2 is 1.95 bits per heavy atom. The number of hydrazine groups is 1. The summed E-state index contributed by atoms with van der Waals surface area (Å²) in [5.74, 6) is 7.15. The maximum atomic E-state index is 5.61. The molecular formula is C16H14BrN3S. The Balaban J connectivity index is 1.88. The van der Waals surface area contributed by atoms with E-state index in [0.717, 1.165) is 32.5 Å². The highest BCUT2D eigenvalue weighted by molar-refractivity contribution is 9.10. The lowest BCUT2D eigenvalue weighted by molar-refractivity contribution is 1.21. The van der Waals surface area contributed by atoms with E-state index in [1.54, 1.807) is 11.8 Å². The summed E-state index contributed by atoms with van der Waals surface area (Å²) in [6, 6.07) is 18.5. The van der Waals surface area contributed by atoms with Crippen molar-refractivity contribution < 1.29 is 0 Å². The van der Waals surface area contributed by atoms with Gasteiger partial charge in [-0.1, -0.05) is 40.2 Å². The van der Waals surface area contributed by atoms with Crippen LogP contribution in [-0.2, 0) is 5.75 Å². The second-order valence-electron chi connectivity index (χ2n) is 4.58. The van der Waals surface area contributed by atoms with Crippen LogP contribution in [-0.4, -0.2) is 4.98 Å². The Kier molecular flexibility index (Phi) is 4.43. The van der Waals surface area contributed by atoms with Gasteiger partial charge in [0.2, 0.25) is 0 Å². The summed E-state index contributed by atoms with van der Waals surface area (Å²) in [4.78, 5) is 5.77. The molecule has 0 unspecified atom stereocenters. The van der Waals surface area contributed by atoms with Gasteiger partial charge in [-0.25, -0.2) is 10.8 Å². The normalized spacial score (nSPS) is 10.8. The lowest BCUT2D eigenvalue weighted by Crippen LogP contribution is -2.11. The molecular weight excluding hydrogens is 346 g/mol. The summed E-state index contributed by atoms with van der Waals surface area (Å²) in [6.07, 6.45) is 0. The summed E-state index contributed by atoms with van der Waals surface area (Å²) >= 11 is 5.25. The van der Waals surface area contributed by atoms with Crippen LogP contribution in [0.5, 0.6) is 0 Å². The number of thioether (sulfide) groups is 1. The van der Waals surface area contributed by atoms with Crippen molar-refractivity contribution in [1.82, 2.24) is 4.98 Å². The van der Waals surface area contributed by atoms with E-state index in [1.807, 2.05) is 30.3 Å². The fraction of sp³-hybridized carbons (Fsp3) is 0.0625. The fourth-order valence-electron chi connectivity index (χ4n) is 2.11. The second kappa shape index (κ2) is 6.47. The number of nitrogens with one attached hydrogen (secondary N) is 1. The number of aromatic nitrogens is 1. The molecule has 0 radical (unpaired) electrons. The van der Waals surface area contributed by atoms with Crippen molar-refractivity contribution in [2.45, 2.75) is 10.6 Å². The molecule has 0 aliphatic heterocycles. The number of rotatable bonds is 4. The number of nitrogens with two attached hydrogens (primary N) is 1. The molecule has 5 heteroatoms. The zero-order chi connectivity index (χ0) is 14.7. The van der Waals surface area contributed by atoms with Gasteiger partial charge in [0.15, 0.2) is 0 Å². The maximum absolute atomic E-state index is 5.61. The standard InChI is InChI=1S/C16H14BrN3S/c17-13-5-3-6-14(9-13)21-10-12-8-11-4-1-2-7-15(11)19-16(12)20-18/h1-9H,10,18H2,(H,19,20). The monoisotopic (exact) mass is 359 g/mol. The van der Waals surface area contributed by atoms with Crippen molar-refractivity contribution in [1.29, 1.82) is 0 Å². The Morgan fingerprint density at radius 1 is 1.10 bits per heavy atom. The molecule has 0 aliphatic rings. The van der Waals surface area contributed by atoms with Crippen LogP contribution in [0.2, 0.25) is 0 Å². The topological polar surface area (TPSA) is 50.9 Å². The van der Waals surface area contributed by atoms with Crippen molar-refractivity contribution in [2.24, 2.45) is 5.84 Å². The molecule has 0 saturated carbocycles. The molecule has 106 valence electrons. The van der Waals surface area contributed by atoms with E-state index in [9.17, 15) is 0 Å². The molecule has 21 heavy (non-hydrogen) atoms. The number of anilines is 1. The van der Waals surface area contributed by atoms with Gasteiger partial charge in [-0.3, -0.25) is 0 Å². The Hall–Kier alpha value is -1.56. The van der Waals surface area contributed by atoms with Crippen LogP contribution in [0.1, 0.15) is 5.56 Å². The largest absolute Gasteiger partial charge is 0.308 e. The molecule has 3 rings (SSSR count). The number of halogens is 1. The summed E-state index contributed by atoms with van der Waals surface area (Å²) in [5.41, 5.74) is 4.75. The second-order valence-corrected chi connectivity index (χ2v) is 6.54. The first kappa shape index (κ1) is 14.4. The first-order chi connectivity index (χ1) is 10.3. The first-order valence-corrected chi connectivity index (χ1v) is 8.28. The first-order valence-electron chi connectivity index (χ1n) is 6.50. The molecule has 0 amide bonds. The van der Waals surface area contributed by atoms with Crippen molar-refractivity contribution >= 4 is 44.4 Å². The van der Waals surface area contributed by atoms with Crippen molar-refractivity contribution in [3.05, 3.63) is 64.6 Å². The molecule has 2 aromatic carbocycles. The van der Waals surface area contributed by atoms with Gasteiger partial charge in [-0.15, -0.1) is 11.8 Å². The van der Waals surface area contributed by atoms with Gasteiger partial charge in [0.05, 0.1) is 5.52 Å². The van der Waals surface area contributed by atoms with E-state index in [1.165, 1.54) is 4.90 Å². The van der Waals surface area contributed by atoms with Gasteiger partial charge in [0, 0.05) is 26.1 Å². The number of hydrogen-bond acceptors (Lipinski definition) is 4. The number of nitrogens with zero attached hydrogens (tertiary/aromatic N) is 1. The molecule has 0 bridgehead atoms. The summed E-state index contributed by atoms with van der Waals surface area (Å²) in [7, 11) is 0. The maximum Gasteiger partial charge on any atom is 0.144 e. The van der Waals surface area contributed by atoms with Crippen LogP contribution in [0, 0.1) is 0 Å². The van der Waals surface area contributed by atoms with Gasteiger partial charge in [-0.05, 0) is 30.3 Å². The van der Waals surface area contributed by atoms with E-state index >= 15 is 0 Å². The van der Waals surface area contributed by atoms with E-state index in [-0.39, 0.29) is 0 Å². The van der Waals surface area contributed by atoms with E-state index < -0.39 is 0 Å². The molecule has 3 N–H and O–H groups in total.